The van der Waals surface area contributed by atoms with Crippen LogP contribution in [0, 0.1) is 5.92 Å². The van der Waals surface area contributed by atoms with Crippen LogP contribution in [0.15, 0.2) is 30.3 Å². The van der Waals surface area contributed by atoms with E-state index in [1.165, 1.54) is 12.8 Å². The zero-order chi connectivity index (χ0) is 12.1. The van der Waals surface area contributed by atoms with E-state index in [1.807, 2.05) is 30.3 Å². The second-order valence-corrected chi connectivity index (χ2v) is 4.93. The number of nitrogens with two attached hydrogens (primary N) is 1. The molecule has 0 amide bonds. The third kappa shape index (κ3) is 3.53. The van der Waals surface area contributed by atoms with Crippen molar-refractivity contribution in [3.8, 4) is 0 Å². The molecule has 0 spiro atoms. The first-order valence-electron chi connectivity index (χ1n) is 6.45. The van der Waals surface area contributed by atoms with Gasteiger partial charge in [-0.3, -0.25) is 0 Å². The maximum Gasteiger partial charge on any atom is 0.0916 e. The topological polar surface area (TPSA) is 49.5 Å². The summed E-state index contributed by atoms with van der Waals surface area (Å²) in [6, 6.07) is 9.88. The van der Waals surface area contributed by atoms with Crippen molar-refractivity contribution in [2.75, 3.05) is 26.2 Å². The fourth-order valence-corrected chi connectivity index (χ4v) is 2.53. The van der Waals surface area contributed by atoms with Gasteiger partial charge in [-0.2, -0.15) is 0 Å². The highest BCUT2D eigenvalue weighted by Gasteiger charge is 2.21. The van der Waals surface area contributed by atoms with Crippen molar-refractivity contribution in [2.45, 2.75) is 18.9 Å². The first-order valence-corrected chi connectivity index (χ1v) is 6.45. The quantitative estimate of drug-likeness (QED) is 0.827. The summed E-state index contributed by atoms with van der Waals surface area (Å²) in [6.45, 7) is 3.60. The van der Waals surface area contributed by atoms with Crippen LogP contribution >= 0.6 is 0 Å². The van der Waals surface area contributed by atoms with Gasteiger partial charge in [-0.1, -0.05) is 30.3 Å². The number of hydrogen-bond acceptors (Lipinski definition) is 3. The predicted octanol–water partition coefficient (Wildman–Crippen LogP) is 1.39. The molecule has 1 aliphatic heterocycles. The zero-order valence-electron chi connectivity index (χ0n) is 10.3. The number of aliphatic hydroxyl groups is 1. The lowest BCUT2D eigenvalue weighted by molar-refractivity contribution is 0.0858. The summed E-state index contributed by atoms with van der Waals surface area (Å²) in [4.78, 5) is 2.33. The standard InChI is InChI=1S/C14H22N2O/c15-9-12-5-4-8-16(10-12)11-14(17)13-6-2-1-3-7-13/h1-3,6-7,12,14,17H,4-5,8-11,15H2. The van der Waals surface area contributed by atoms with E-state index < -0.39 is 0 Å². The molecule has 1 fully saturated rings. The Morgan fingerprint density at radius 1 is 1.35 bits per heavy atom. The Labute approximate surface area is 103 Å². The van der Waals surface area contributed by atoms with Gasteiger partial charge in [0.25, 0.3) is 0 Å². The highest BCUT2D eigenvalue weighted by atomic mass is 16.3. The fourth-order valence-electron chi connectivity index (χ4n) is 2.53. The first-order chi connectivity index (χ1) is 8.29. The molecule has 1 saturated heterocycles. The number of benzene rings is 1. The van der Waals surface area contributed by atoms with Gasteiger partial charge in [0.15, 0.2) is 0 Å². The molecule has 0 bridgehead atoms. The SMILES string of the molecule is NCC1CCCN(CC(O)c2ccccc2)C1. The summed E-state index contributed by atoms with van der Waals surface area (Å²) in [7, 11) is 0. The minimum Gasteiger partial charge on any atom is -0.387 e. The number of hydrogen-bond donors (Lipinski definition) is 2. The Kier molecular flexibility index (Phi) is 4.54. The van der Waals surface area contributed by atoms with Gasteiger partial charge in [0, 0.05) is 13.1 Å². The normalized spacial score (nSPS) is 23.5. The number of likely N-dealkylation sites (tertiary alicyclic amines) is 1. The molecule has 0 aliphatic carbocycles. The molecular formula is C14H22N2O. The molecule has 3 nitrogen and oxygen atoms in total. The molecule has 0 aromatic heterocycles. The highest BCUT2D eigenvalue weighted by molar-refractivity contribution is 5.17. The van der Waals surface area contributed by atoms with Crippen LogP contribution in [0.1, 0.15) is 24.5 Å². The van der Waals surface area contributed by atoms with Crippen LogP contribution in [0.2, 0.25) is 0 Å². The van der Waals surface area contributed by atoms with Crippen molar-refractivity contribution >= 4 is 0 Å². The summed E-state index contributed by atoms with van der Waals surface area (Å²) in [5, 5.41) is 10.2. The van der Waals surface area contributed by atoms with Gasteiger partial charge in [-0.05, 0) is 37.4 Å². The molecular weight excluding hydrogens is 212 g/mol. The largest absolute Gasteiger partial charge is 0.387 e. The van der Waals surface area contributed by atoms with E-state index >= 15 is 0 Å². The second-order valence-electron chi connectivity index (χ2n) is 4.93. The third-order valence-electron chi connectivity index (χ3n) is 3.55. The van der Waals surface area contributed by atoms with Gasteiger partial charge in [-0.15, -0.1) is 0 Å². The van der Waals surface area contributed by atoms with Crippen LogP contribution in [0.4, 0.5) is 0 Å². The average molecular weight is 234 g/mol. The van der Waals surface area contributed by atoms with E-state index in [0.29, 0.717) is 5.92 Å². The zero-order valence-corrected chi connectivity index (χ0v) is 10.3. The minimum atomic E-state index is -0.382. The lowest BCUT2D eigenvalue weighted by atomic mass is 9.97. The van der Waals surface area contributed by atoms with Crippen molar-refractivity contribution in [3.63, 3.8) is 0 Å². The Morgan fingerprint density at radius 3 is 2.82 bits per heavy atom. The third-order valence-corrected chi connectivity index (χ3v) is 3.55. The first kappa shape index (κ1) is 12.6. The van der Waals surface area contributed by atoms with E-state index in [9.17, 15) is 5.11 Å². The van der Waals surface area contributed by atoms with Crippen LogP contribution in [-0.4, -0.2) is 36.2 Å². The summed E-state index contributed by atoms with van der Waals surface area (Å²) >= 11 is 0. The van der Waals surface area contributed by atoms with E-state index in [0.717, 1.165) is 31.7 Å². The molecule has 2 unspecified atom stereocenters. The lowest BCUT2D eigenvalue weighted by Crippen LogP contribution is -2.40. The van der Waals surface area contributed by atoms with E-state index in [1.54, 1.807) is 0 Å². The Balaban J connectivity index is 1.88. The van der Waals surface area contributed by atoms with Gasteiger partial charge in [0.1, 0.15) is 0 Å². The van der Waals surface area contributed by atoms with Crippen LogP contribution < -0.4 is 5.73 Å². The van der Waals surface area contributed by atoms with Gasteiger partial charge in [0.05, 0.1) is 6.10 Å². The monoisotopic (exact) mass is 234 g/mol. The van der Waals surface area contributed by atoms with Crippen LogP contribution in [0.5, 0.6) is 0 Å². The molecule has 3 heteroatoms. The van der Waals surface area contributed by atoms with Gasteiger partial charge >= 0.3 is 0 Å². The summed E-state index contributed by atoms with van der Waals surface area (Å²) in [5.74, 6) is 0.603. The number of β-amino-alcohol motifs (C(OH)–C–C–N with tert-alkyl or cyclic N) is 1. The molecule has 2 rings (SSSR count). The summed E-state index contributed by atoms with van der Waals surface area (Å²) in [5.41, 5.74) is 6.72. The van der Waals surface area contributed by atoms with Crippen molar-refractivity contribution in [1.29, 1.82) is 0 Å². The molecule has 1 heterocycles. The van der Waals surface area contributed by atoms with E-state index in [4.69, 9.17) is 5.73 Å². The second kappa shape index (κ2) is 6.15. The molecule has 0 radical (unpaired) electrons. The smallest absolute Gasteiger partial charge is 0.0916 e. The predicted molar refractivity (Wildman–Crippen MR) is 69.6 cm³/mol. The Morgan fingerprint density at radius 2 is 2.12 bits per heavy atom. The van der Waals surface area contributed by atoms with Crippen LogP contribution in [0.3, 0.4) is 0 Å². The average Bonchev–Trinajstić information content (AvgIpc) is 2.40. The molecule has 2 atom stereocenters. The summed E-state index contributed by atoms with van der Waals surface area (Å²) in [6.07, 6.45) is 2.05. The highest BCUT2D eigenvalue weighted by Crippen LogP contribution is 2.19. The summed E-state index contributed by atoms with van der Waals surface area (Å²) < 4.78 is 0. The lowest BCUT2D eigenvalue weighted by Gasteiger charge is -2.33. The number of nitrogens with zero attached hydrogens (tertiary/aromatic N) is 1. The molecule has 0 saturated carbocycles. The van der Waals surface area contributed by atoms with Gasteiger partial charge in [0.2, 0.25) is 0 Å². The molecule has 3 N–H and O–H groups in total. The number of rotatable bonds is 4. The fraction of sp³-hybridized carbons (Fsp3) is 0.571. The van der Waals surface area contributed by atoms with Crippen LogP contribution in [0.25, 0.3) is 0 Å². The van der Waals surface area contributed by atoms with Crippen molar-refractivity contribution < 1.29 is 5.11 Å². The van der Waals surface area contributed by atoms with Crippen molar-refractivity contribution in [3.05, 3.63) is 35.9 Å². The van der Waals surface area contributed by atoms with Gasteiger partial charge in [-0.25, -0.2) is 0 Å². The van der Waals surface area contributed by atoms with Crippen molar-refractivity contribution in [1.82, 2.24) is 4.90 Å². The molecule has 1 aromatic carbocycles. The molecule has 1 aromatic rings. The van der Waals surface area contributed by atoms with Gasteiger partial charge < -0.3 is 15.7 Å². The van der Waals surface area contributed by atoms with E-state index in [2.05, 4.69) is 4.90 Å². The Bertz CT molecular complexity index is 328. The maximum atomic E-state index is 10.2. The molecule has 94 valence electrons. The Hall–Kier alpha value is -0.900. The molecule has 17 heavy (non-hydrogen) atoms. The maximum absolute atomic E-state index is 10.2. The number of piperidine rings is 1. The van der Waals surface area contributed by atoms with Crippen LogP contribution in [-0.2, 0) is 0 Å². The molecule has 1 aliphatic rings. The minimum absolute atomic E-state index is 0.382. The number of aliphatic hydroxyl groups excluding tert-OH is 1. The van der Waals surface area contributed by atoms with Crippen molar-refractivity contribution in [2.24, 2.45) is 11.7 Å². The van der Waals surface area contributed by atoms with E-state index in [-0.39, 0.29) is 6.10 Å².